The molecule has 0 saturated carbocycles. The van der Waals surface area contributed by atoms with Crippen LogP contribution in [0.5, 0.6) is 0 Å². The molecular weight excluding hydrogens is 535 g/mol. The Balaban J connectivity index is 0.000000200. The fourth-order valence-electron chi connectivity index (χ4n) is 4.97. The minimum Gasteiger partial charge on any atom is -0.352 e. The molecule has 0 fully saturated rings. The van der Waals surface area contributed by atoms with Crippen molar-refractivity contribution in [3.05, 3.63) is 93.3 Å². The van der Waals surface area contributed by atoms with Crippen molar-refractivity contribution in [2.75, 3.05) is 14.2 Å². The molecule has 0 amide bonds. The van der Waals surface area contributed by atoms with Crippen LogP contribution >= 0.6 is 22.6 Å². The van der Waals surface area contributed by atoms with Crippen molar-refractivity contribution in [1.82, 2.24) is 9.97 Å². The molecule has 0 unspecified atom stereocenters. The molecule has 0 saturated heterocycles. The predicted octanol–water partition coefficient (Wildman–Crippen LogP) is 7.40. The number of nitrogens with zero attached hydrogens (tertiary/aromatic N) is 2. The standard InChI is InChI=1S/C21H21IO2.C8H6N2/c1-23-21(24-2)17-9-5-8-16-15-11-10-13-6-3-4-7-14(13)18(15)12-19(22)20(16)17;1-3-7-4-2-6-10-8(7)9-5-1/h5,8-12,21H,3-4,6-7H2,1-2H3;1-6H. The first-order valence-corrected chi connectivity index (χ1v) is 12.7. The molecule has 1 aliphatic rings. The summed E-state index contributed by atoms with van der Waals surface area (Å²) in [5.41, 5.74) is 5.00. The van der Waals surface area contributed by atoms with Gasteiger partial charge in [0.2, 0.25) is 0 Å². The zero-order valence-corrected chi connectivity index (χ0v) is 21.6. The lowest BCUT2D eigenvalue weighted by atomic mass is 9.86. The van der Waals surface area contributed by atoms with Crippen LogP contribution in [0.1, 0.15) is 35.8 Å². The zero-order valence-electron chi connectivity index (χ0n) is 19.4. The molecule has 0 radical (unpaired) electrons. The molecule has 0 atom stereocenters. The first-order valence-electron chi connectivity index (χ1n) is 11.6. The number of halogens is 1. The van der Waals surface area contributed by atoms with E-state index in [1.807, 2.05) is 24.3 Å². The number of benzene rings is 3. The monoisotopic (exact) mass is 562 g/mol. The zero-order chi connectivity index (χ0) is 23.5. The first-order chi connectivity index (χ1) is 16.7. The number of hydrogen-bond acceptors (Lipinski definition) is 4. The first kappa shape index (κ1) is 23.1. The van der Waals surface area contributed by atoms with E-state index in [1.165, 1.54) is 56.4 Å². The van der Waals surface area contributed by atoms with Gasteiger partial charge in [-0.05, 0) is 106 Å². The number of methoxy groups -OCH3 is 2. The van der Waals surface area contributed by atoms with Crippen molar-refractivity contribution in [1.29, 1.82) is 0 Å². The molecule has 0 bridgehead atoms. The van der Waals surface area contributed by atoms with Gasteiger partial charge in [0.05, 0.1) is 0 Å². The van der Waals surface area contributed by atoms with Crippen LogP contribution in [0, 0.1) is 3.57 Å². The molecule has 5 heteroatoms. The smallest absolute Gasteiger partial charge is 0.183 e. The van der Waals surface area contributed by atoms with Gasteiger partial charge in [0.1, 0.15) is 0 Å². The van der Waals surface area contributed by atoms with Crippen LogP contribution in [0.3, 0.4) is 0 Å². The summed E-state index contributed by atoms with van der Waals surface area (Å²) in [6.45, 7) is 0. The van der Waals surface area contributed by atoms with Crippen LogP contribution in [-0.4, -0.2) is 24.2 Å². The van der Waals surface area contributed by atoms with Gasteiger partial charge in [0, 0.05) is 46.5 Å². The molecular formula is C29H27IN2O2. The second kappa shape index (κ2) is 10.3. The maximum absolute atomic E-state index is 5.53. The second-order valence-electron chi connectivity index (χ2n) is 8.49. The quantitative estimate of drug-likeness (QED) is 0.131. The molecule has 5 aromatic rings. The predicted molar refractivity (Wildman–Crippen MR) is 147 cm³/mol. The fourth-order valence-corrected chi connectivity index (χ4v) is 5.88. The summed E-state index contributed by atoms with van der Waals surface area (Å²) in [6, 6.07) is 21.2. The van der Waals surface area contributed by atoms with E-state index >= 15 is 0 Å². The van der Waals surface area contributed by atoms with Crippen molar-refractivity contribution in [2.24, 2.45) is 0 Å². The molecule has 2 aromatic heterocycles. The lowest BCUT2D eigenvalue weighted by molar-refractivity contribution is -0.105. The van der Waals surface area contributed by atoms with Gasteiger partial charge in [-0.25, -0.2) is 9.97 Å². The SMILES string of the molecule is COC(OC)c1cccc2c1c(I)cc1c3c(ccc12)CCCC3.c1cnc2ncccc2c1. The highest BCUT2D eigenvalue weighted by molar-refractivity contribution is 14.1. The normalized spacial score (nSPS) is 13.2. The van der Waals surface area contributed by atoms with Crippen molar-refractivity contribution < 1.29 is 9.47 Å². The molecule has 172 valence electrons. The molecule has 3 aromatic carbocycles. The van der Waals surface area contributed by atoms with Gasteiger partial charge in [-0.15, -0.1) is 0 Å². The molecule has 2 heterocycles. The van der Waals surface area contributed by atoms with Gasteiger partial charge in [-0.1, -0.05) is 30.3 Å². The number of aryl methyl sites for hydroxylation is 2. The van der Waals surface area contributed by atoms with E-state index in [9.17, 15) is 0 Å². The average molecular weight is 562 g/mol. The summed E-state index contributed by atoms with van der Waals surface area (Å²) >= 11 is 2.46. The van der Waals surface area contributed by atoms with Crippen LogP contribution in [-0.2, 0) is 22.3 Å². The number of fused-ring (bicyclic) bond motifs is 6. The Bertz CT molecular complexity index is 1400. The Morgan fingerprint density at radius 2 is 1.53 bits per heavy atom. The number of hydrogen-bond donors (Lipinski definition) is 0. The molecule has 0 N–H and O–H groups in total. The number of rotatable bonds is 3. The van der Waals surface area contributed by atoms with Crippen molar-refractivity contribution in [3.63, 3.8) is 0 Å². The van der Waals surface area contributed by atoms with Gasteiger partial charge >= 0.3 is 0 Å². The number of aromatic nitrogens is 2. The topological polar surface area (TPSA) is 44.2 Å². The molecule has 34 heavy (non-hydrogen) atoms. The van der Waals surface area contributed by atoms with Crippen LogP contribution in [0.25, 0.3) is 32.6 Å². The van der Waals surface area contributed by atoms with Gasteiger partial charge in [0.25, 0.3) is 0 Å². The van der Waals surface area contributed by atoms with Gasteiger partial charge in [-0.3, -0.25) is 0 Å². The van der Waals surface area contributed by atoms with Crippen molar-refractivity contribution in [2.45, 2.75) is 32.0 Å². The second-order valence-corrected chi connectivity index (χ2v) is 9.65. The Kier molecular flexibility index (Phi) is 7.04. The Morgan fingerprint density at radius 3 is 2.24 bits per heavy atom. The average Bonchev–Trinajstić information content (AvgIpc) is 2.90. The van der Waals surface area contributed by atoms with Crippen LogP contribution in [0.15, 0.2) is 73.1 Å². The van der Waals surface area contributed by atoms with Crippen LogP contribution in [0.2, 0.25) is 0 Å². The highest BCUT2D eigenvalue weighted by Gasteiger charge is 2.19. The van der Waals surface area contributed by atoms with Crippen molar-refractivity contribution in [3.8, 4) is 0 Å². The Hall–Kier alpha value is -2.61. The number of pyridine rings is 2. The maximum Gasteiger partial charge on any atom is 0.183 e. The summed E-state index contributed by atoms with van der Waals surface area (Å²) in [5.74, 6) is 0. The van der Waals surface area contributed by atoms with Gasteiger partial charge in [-0.2, -0.15) is 0 Å². The highest BCUT2D eigenvalue weighted by Crippen LogP contribution is 2.38. The summed E-state index contributed by atoms with van der Waals surface area (Å²) in [5, 5.41) is 6.40. The van der Waals surface area contributed by atoms with Gasteiger partial charge in [0.15, 0.2) is 11.9 Å². The molecule has 1 aliphatic carbocycles. The third kappa shape index (κ3) is 4.40. The molecule has 6 rings (SSSR count). The van der Waals surface area contributed by atoms with E-state index in [0.29, 0.717) is 0 Å². The van der Waals surface area contributed by atoms with Crippen LogP contribution in [0.4, 0.5) is 0 Å². The van der Waals surface area contributed by atoms with E-state index in [1.54, 1.807) is 32.2 Å². The largest absolute Gasteiger partial charge is 0.352 e. The minimum absolute atomic E-state index is 0.336. The van der Waals surface area contributed by atoms with E-state index in [-0.39, 0.29) is 6.29 Å². The minimum atomic E-state index is -0.336. The molecule has 4 nitrogen and oxygen atoms in total. The maximum atomic E-state index is 5.53. The fraction of sp³-hybridized carbons (Fsp3) is 0.241. The van der Waals surface area contributed by atoms with E-state index in [4.69, 9.17) is 9.47 Å². The number of ether oxygens (including phenoxy) is 2. The third-order valence-electron chi connectivity index (χ3n) is 6.53. The van der Waals surface area contributed by atoms with Gasteiger partial charge < -0.3 is 9.47 Å². The molecule has 0 spiro atoms. The third-order valence-corrected chi connectivity index (χ3v) is 7.38. The van der Waals surface area contributed by atoms with Crippen LogP contribution < -0.4 is 0 Å². The summed E-state index contributed by atoms with van der Waals surface area (Å²) < 4.78 is 12.3. The van der Waals surface area contributed by atoms with Crippen molar-refractivity contribution >= 4 is 55.2 Å². The Morgan fingerprint density at radius 1 is 0.794 bits per heavy atom. The van der Waals surface area contributed by atoms with E-state index in [2.05, 4.69) is 69.0 Å². The Labute approximate surface area is 213 Å². The summed E-state index contributed by atoms with van der Waals surface area (Å²) in [6.07, 6.45) is 8.19. The summed E-state index contributed by atoms with van der Waals surface area (Å²) in [4.78, 5) is 8.14. The summed E-state index contributed by atoms with van der Waals surface area (Å²) in [7, 11) is 3.38. The lowest BCUT2D eigenvalue weighted by Crippen LogP contribution is -2.06. The highest BCUT2D eigenvalue weighted by atomic mass is 127. The van der Waals surface area contributed by atoms with E-state index < -0.39 is 0 Å². The molecule has 0 aliphatic heterocycles. The van der Waals surface area contributed by atoms with E-state index in [0.717, 1.165) is 16.6 Å². The lowest BCUT2D eigenvalue weighted by Gasteiger charge is -2.21.